The Labute approximate surface area is 128 Å². The highest BCUT2D eigenvalue weighted by Crippen LogP contribution is 2.26. The molecule has 1 saturated carbocycles. The predicted molar refractivity (Wildman–Crippen MR) is 84.7 cm³/mol. The first-order valence-electron chi connectivity index (χ1n) is 7.03. The normalized spacial score (nSPS) is 22.4. The van der Waals surface area contributed by atoms with Crippen LogP contribution in [0.3, 0.4) is 0 Å². The largest absolute Gasteiger partial charge is 0.379 e. The quantitative estimate of drug-likeness (QED) is 0.886. The van der Waals surface area contributed by atoms with Gasteiger partial charge in [-0.25, -0.2) is 0 Å². The highest BCUT2D eigenvalue weighted by molar-refractivity contribution is 7.13. The SMILES string of the molecule is C=C1CCC(NC(=O)c2nsc3ccccc23)C(OC)C1. The molecule has 1 aromatic carbocycles. The zero-order valence-corrected chi connectivity index (χ0v) is 12.8. The molecule has 2 unspecified atom stereocenters. The number of aromatic nitrogens is 1. The highest BCUT2D eigenvalue weighted by Gasteiger charge is 2.29. The van der Waals surface area contributed by atoms with Crippen molar-refractivity contribution in [2.75, 3.05) is 7.11 Å². The van der Waals surface area contributed by atoms with Crippen molar-refractivity contribution in [1.29, 1.82) is 0 Å². The Kier molecular flexibility index (Phi) is 4.03. The summed E-state index contributed by atoms with van der Waals surface area (Å²) in [4.78, 5) is 12.5. The van der Waals surface area contributed by atoms with Gasteiger partial charge in [0.05, 0.1) is 16.8 Å². The number of fused-ring (bicyclic) bond motifs is 1. The van der Waals surface area contributed by atoms with E-state index in [2.05, 4.69) is 16.3 Å². The molecular formula is C16H18N2O2S. The molecule has 1 aromatic heterocycles. The van der Waals surface area contributed by atoms with Gasteiger partial charge < -0.3 is 10.1 Å². The van der Waals surface area contributed by atoms with Crippen molar-refractivity contribution in [3.63, 3.8) is 0 Å². The zero-order valence-electron chi connectivity index (χ0n) is 12.0. The number of carbonyl (C=O) groups is 1. The number of nitrogens with zero attached hydrogens (tertiary/aromatic N) is 1. The van der Waals surface area contributed by atoms with Crippen LogP contribution in [0.4, 0.5) is 0 Å². The molecule has 3 rings (SSSR count). The number of benzene rings is 1. The molecule has 2 atom stereocenters. The van der Waals surface area contributed by atoms with Crippen molar-refractivity contribution in [2.24, 2.45) is 0 Å². The van der Waals surface area contributed by atoms with Gasteiger partial charge in [-0.15, -0.1) is 0 Å². The van der Waals surface area contributed by atoms with Gasteiger partial charge in [-0.1, -0.05) is 30.4 Å². The van der Waals surface area contributed by atoms with Gasteiger partial charge in [0.15, 0.2) is 0 Å². The van der Waals surface area contributed by atoms with Gasteiger partial charge in [0.1, 0.15) is 5.69 Å². The number of methoxy groups -OCH3 is 1. The first kappa shape index (κ1) is 14.2. The van der Waals surface area contributed by atoms with Crippen molar-refractivity contribution in [2.45, 2.75) is 31.4 Å². The topological polar surface area (TPSA) is 51.2 Å². The second-order valence-electron chi connectivity index (χ2n) is 5.37. The molecule has 0 radical (unpaired) electrons. The smallest absolute Gasteiger partial charge is 0.271 e. The first-order valence-corrected chi connectivity index (χ1v) is 7.81. The number of rotatable bonds is 3. The summed E-state index contributed by atoms with van der Waals surface area (Å²) in [7, 11) is 1.68. The molecule has 0 bridgehead atoms. The fourth-order valence-corrected chi connectivity index (χ4v) is 3.55. The molecule has 5 heteroatoms. The molecule has 1 aliphatic carbocycles. The number of nitrogens with one attached hydrogen (secondary N) is 1. The van der Waals surface area contributed by atoms with E-state index in [1.807, 2.05) is 24.3 Å². The standard InChI is InChI=1S/C16H18N2O2S/c1-10-7-8-12(13(9-10)20-2)17-16(19)15-11-5-3-4-6-14(11)21-18-15/h3-6,12-13H,1,7-9H2,2H3,(H,17,19). The maximum Gasteiger partial charge on any atom is 0.271 e. The Morgan fingerprint density at radius 3 is 3.10 bits per heavy atom. The van der Waals surface area contributed by atoms with Gasteiger partial charge in [-0.05, 0) is 36.9 Å². The van der Waals surface area contributed by atoms with Gasteiger partial charge in [-0.3, -0.25) is 4.79 Å². The fourth-order valence-electron chi connectivity index (χ4n) is 2.77. The Balaban J connectivity index is 1.78. The minimum atomic E-state index is -0.119. The van der Waals surface area contributed by atoms with Crippen LogP contribution in [0.1, 0.15) is 29.8 Å². The summed E-state index contributed by atoms with van der Waals surface area (Å²) in [5, 5.41) is 3.99. The van der Waals surface area contributed by atoms with E-state index in [0.29, 0.717) is 5.69 Å². The van der Waals surface area contributed by atoms with E-state index in [1.54, 1.807) is 7.11 Å². The second-order valence-corrected chi connectivity index (χ2v) is 6.18. The van der Waals surface area contributed by atoms with E-state index in [1.165, 1.54) is 17.1 Å². The minimum absolute atomic E-state index is 0.0000925. The molecule has 21 heavy (non-hydrogen) atoms. The summed E-state index contributed by atoms with van der Waals surface area (Å²) in [5.41, 5.74) is 1.70. The van der Waals surface area contributed by atoms with Crippen molar-refractivity contribution >= 4 is 27.5 Å². The lowest BCUT2D eigenvalue weighted by Crippen LogP contribution is -2.46. The van der Waals surface area contributed by atoms with E-state index >= 15 is 0 Å². The third-order valence-electron chi connectivity index (χ3n) is 3.96. The molecule has 1 fully saturated rings. The number of hydrogen-bond acceptors (Lipinski definition) is 4. The minimum Gasteiger partial charge on any atom is -0.379 e. The van der Waals surface area contributed by atoms with Crippen molar-refractivity contribution < 1.29 is 9.53 Å². The third kappa shape index (κ3) is 2.84. The number of hydrogen-bond donors (Lipinski definition) is 1. The molecule has 2 aromatic rings. The van der Waals surface area contributed by atoms with Crippen LogP contribution in [0, 0.1) is 0 Å². The highest BCUT2D eigenvalue weighted by atomic mass is 32.1. The molecule has 1 aliphatic rings. The summed E-state index contributed by atoms with van der Waals surface area (Å²) in [6.07, 6.45) is 2.60. The number of amides is 1. The Morgan fingerprint density at radius 2 is 2.29 bits per heavy atom. The maximum absolute atomic E-state index is 12.5. The maximum atomic E-state index is 12.5. The average Bonchev–Trinajstić information content (AvgIpc) is 2.93. The van der Waals surface area contributed by atoms with Gasteiger partial charge >= 0.3 is 0 Å². The first-order chi connectivity index (χ1) is 10.2. The molecule has 0 aliphatic heterocycles. The summed E-state index contributed by atoms with van der Waals surface area (Å²) >= 11 is 1.36. The Hall–Kier alpha value is -1.72. The van der Waals surface area contributed by atoms with Crippen LogP contribution in [0.25, 0.3) is 10.1 Å². The summed E-state index contributed by atoms with van der Waals surface area (Å²) in [6.45, 7) is 4.01. The lowest BCUT2D eigenvalue weighted by atomic mass is 9.89. The zero-order chi connectivity index (χ0) is 14.8. The van der Waals surface area contributed by atoms with Crippen LogP contribution in [0.5, 0.6) is 0 Å². The lowest BCUT2D eigenvalue weighted by Gasteiger charge is -2.32. The summed E-state index contributed by atoms with van der Waals surface area (Å²) in [6, 6.07) is 7.82. The molecule has 1 heterocycles. The third-order valence-corrected chi connectivity index (χ3v) is 4.79. The van der Waals surface area contributed by atoms with E-state index < -0.39 is 0 Å². The molecule has 0 spiro atoms. The van der Waals surface area contributed by atoms with Gasteiger partial charge in [-0.2, -0.15) is 4.37 Å². The van der Waals surface area contributed by atoms with E-state index in [-0.39, 0.29) is 18.1 Å². The van der Waals surface area contributed by atoms with Crippen molar-refractivity contribution in [3.05, 3.63) is 42.1 Å². The summed E-state index contributed by atoms with van der Waals surface area (Å²) < 4.78 is 10.8. The van der Waals surface area contributed by atoms with Crippen molar-refractivity contribution in [1.82, 2.24) is 9.69 Å². The number of carbonyl (C=O) groups excluding carboxylic acids is 1. The molecule has 110 valence electrons. The van der Waals surface area contributed by atoms with E-state index in [4.69, 9.17) is 4.74 Å². The van der Waals surface area contributed by atoms with Crippen LogP contribution >= 0.6 is 11.5 Å². The Bertz CT molecular complexity index is 680. The Morgan fingerprint density at radius 1 is 1.48 bits per heavy atom. The van der Waals surface area contributed by atoms with Gasteiger partial charge in [0, 0.05) is 12.5 Å². The molecular weight excluding hydrogens is 284 g/mol. The molecule has 1 amide bonds. The van der Waals surface area contributed by atoms with Crippen LogP contribution in [0.2, 0.25) is 0 Å². The number of ether oxygens (including phenoxy) is 1. The van der Waals surface area contributed by atoms with Gasteiger partial charge in [0.2, 0.25) is 0 Å². The molecule has 1 N–H and O–H groups in total. The predicted octanol–water partition coefficient (Wildman–Crippen LogP) is 3.15. The monoisotopic (exact) mass is 302 g/mol. The second kappa shape index (κ2) is 5.95. The van der Waals surface area contributed by atoms with E-state index in [9.17, 15) is 4.79 Å². The van der Waals surface area contributed by atoms with Crippen LogP contribution in [-0.4, -0.2) is 29.5 Å². The van der Waals surface area contributed by atoms with E-state index in [0.717, 1.165) is 29.3 Å². The molecule has 4 nitrogen and oxygen atoms in total. The fraction of sp³-hybridized carbons (Fsp3) is 0.375. The van der Waals surface area contributed by atoms with Gasteiger partial charge in [0.25, 0.3) is 5.91 Å². The van der Waals surface area contributed by atoms with Crippen LogP contribution in [0.15, 0.2) is 36.4 Å². The summed E-state index contributed by atoms with van der Waals surface area (Å²) in [5.74, 6) is -0.119. The average molecular weight is 302 g/mol. The van der Waals surface area contributed by atoms with Crippen LogP contribution < -0.4 is 5.32 Å². The van der Waals surface area contributed by atoms with Crippen molar-refractivity contribution in [3.8, 4) is 0 Å². The molecule has 0 saturated heterocycles. The lowest BCUT2D eigenvalue weighted by molar-refractivity contribution is 0.0507. The van der Waals surface area contributed by atoms with Crippen LogP contribution in [-0.2, 0) is 4.74 Å².